The van der Waals surface area contributed by atoms with E-state index in [0.717, 1.165) is 17.8 Å². The Morgan fingerprint density at radius 3 is 2.75 bits per heavy atom. The lowest BCUT2D eigenvalue weighted by Gasteiger charge is -2.24. The molecule has 0 saturated heterocycles. The number of thiazole rings is 1. The van der Waals surface area contributed by atoms with E-state index in [2.05, 4.69) is 15.6 Å². The summed E-state index contributed by atoms with van der Waals surface area (Å²) in [7, 11) is 0. The van der Waals surface area contributed by atoms with E-state index in [0.29, 0.717) is 27.8 Å². The first kappa shape index (κ1) is 20.4. The van der Waals surface area contributed by atoms with Gasteiger partial charge < -0.3 is 10.6 Å². The molecule has 3 aromatic rings. The minimum absolute atomic E-state index is 0.0934. The number of carbonyl (C=O) groups excluding carboxylic acids is 1. The first-order valence-electron chi connectivity index (χ1n) is 9.03. The lowest BCUT2D eigenvalue weighted by atomic mass is 10.0. The predicted octanol–water partition coefficient (Wildman–Crippen LogP) is 4.25. The Kier molecular flexibility index (Phi) is 5.76. The zero-order valence-corrected chi connectivity index (χ0v) is 17.9. The third-order valence-corrected chi connectivity index (χ3v) is 5.91. The molecule has 1 aromatic carbocycles. The van der Waals surface area contributed by atoms with E-state index in [1.54, 1.807) is 22.6 Å². The number of nitrogens with zero attached hydrogens (tertiary/aromatic N) is 2. The summed E-state index contributed by atoms with van der Waals surface area (Å²) in [5, 5.41) is 8.45. The van der Waals surface area contributed by atoms with Gasteiger partial charge in [0.1, 0.15) is 0 Å². The van der Waals surface area contributed by atoms with Gasteiger partial charge in [0, 0.05) is 28.4 Å². The molecule has 0 aliphatic rings. The van der Waals surface area contributed by atoms with Gasteiger partial charge in [-0.3, -0.25) is 14.0 Å². The number of carbonyl (C=O) groups is 1. The van der Waals surface area contributed by atoms with Gasteiger partial charge in [0.05, 0.1) is 22.8 Å². The molecule has 0 aliphatic carbocycles. The van der Waals surface area contributed by atoms with Crippen molar-refractivity contribution in [2.45, 2.75) is 46.2 Å². The van der Waals surface area contributed by atoms with Crippen LogP contribution in [0.4, 0.5) is 5.69 Å². The number of amides is 1. The summed E-state index contributed by atoms with van der Waals surface area (Å²) in [4.78, 5) is 29.9. The van der Waals surface area contributed by atoms with Crippen LogP contribution in [0, 0.1) is 6.92 Å². The van der Waals surface area contributed by atoms with Gasteiger partial charge in [-0.2, -0.15) is 0 Å². The fourth-order valence-electron chi connectivity index (χ4n) is 2.66. The highest BCUT2D eigenvalue weighted by molar-refractivity contribution is 7.15. The second kappa shape index (κ2) is 7.93. The van der Waals surface area contributed by atoms with Gasteiger partial charge in [-0.05, 0) is 45.4 Å². The molecule has 0 spiro atoms. The summed E-state index contributed by atoms with van der Waals surface area (Å²) in [6, 6.07) is 6.71. The van der Waals surface area contributed by atoms with Crippen molar-refractivity contribution >= 4 is 39.5 Å². The molecular weight excluding hydrogens is 396 g/mol. The van der Waals surface area contributed by atoms with Gasteiger partial charge in [-0.1, -0.05) is 18.5 Å². The molecule has 0 unspecified atom stereocenters. The van der Waals surface area contributed by atoms with Crippen molar-refractivity contribution in [2.75, 3.05) is 5.32 Å². The Balaban J connectivity index is 1.73. The molecule has 6 nitrogen and oxygen atoms in total. The molecule has 2 N–H and O–H groups in total. The van der Waals surface area contributed by atoms with E-state index in [1.165, 1.54) is 17.4 Å². The van der Waals surface area contributed by atoms with Crippen LogP contribution in [0.1, 0.15) is 48.9 Å². The molecule has 3 rings (SSSR count). The Bertz CT molecular complexity index is 1090. The van der Waals surface area contributed by atoms with Crippen LogP contribution >= 0.6 is 22.9 Å². The van der Waals surface area contributed by atoms with Gasteiger partial charge in [-0.15, -0.1) is 11.3 Å². The van der Waals surface area contributed by atoms with Crippen molar-refractivity contribution in [2.24, 2.45) is 0 Å². The van der Waals surface area contributed by atoms with Gasteiger partial charge in [0.2, 0.25) is 0 Å². The number of aromatic nitrogens is 2. The van der Waals surface area contributed by atoms with Crippen molar-refractivity contribution in [1.29, 1.82) is 0 Å². The van der Waals surface area contributed by atoms with Crippen molar-refractivity contribution in [1.82, 2.24) is 14.7 Å². The van der Waals surface area contributed by atoms with E-state index in [9.17, 15) is 9.59 Å². The number of aryl methyl sites for hydroxylation is 1. The van der Waals surface area contributed by atoms with Crippen molar-refractivity contribution in [3.8, 4) is 0 Å². The monoisotopic (exact) mass is 418 g/mol. The molecule has 0 aliphatic heterocycles. The maximum atomic E-state index is 12.4. The molecule has 148 valence electrons. The molecule has 0 atom stereocenters. The number of hydrogen-bond donors (Lipinski definition) is 2. The van der Waals surface area contributed by atoms with E-state index in [-0.39, 0.29) is 17.0 Å². The highest BCUT2D eigenvalue weighted by atomic mass is 35.5. The average Bonchev–Trinajstić information content (AvgIpc) is 3.01. The van der Waals surface area contributed by atoms with E-state index in [1.807, 2.05) is 33.1 Å². The van der Waals surface area contributed by atoms with Crippen LogP contribution < -0.4 is 16.2 Å². The normalized spacial score (nSPS) is 11.6. The number of rotatable bonds is 6. The van der Waals surface area contributed by atoms with Gasteiger partial charge >= 0.3 is 0 Å². The molecule has 0 bridgehead atoms. The first-order valence-corrected chi connectivity index (χ1v) is 10.3. The van der Waals surface area contributed by atoms with E-state index in [4.69, 9.17) is 11.6 Å². The van der Waals surface area contributed by atoms with Gasteiger partial charge in [0.25, 0.3) is 11.5 Å². The maximum absolute atomic E-state index is 12.4. The smallest absolute Gasteiger partial charge is 0.259 e. The Morgan fingerprint density at radius 2 is 2.07 bits per heavy atom. The van der Waals surface area contributed by atoms with Crippen LogP contribution in [-0.2, 0) is 6.54 Å². The third-order valence-electron chi connectivity index (χ3n) is 4.65. The lowest BCUT2D eigenvalue weighted by molar-refractivity contribution is 0.0911. The Hall–Kier alpha value is -2.38. The summed E-state index contributed by atoms with van der Waals surface area (Å²) in [5.41, 5.74) is 2.32. The van der Waals surface area contributed by atoms with Crippen LogP contribution in [0.15, 0.2) is 34.4 Å². The fraction of sp³-hybridized carbons (Fsp3) is 0.350. The van der Waals surface area contributed by atoms with Crippen LogP contribution in [0.2, 0.25) is 5.02 Å². The number of anilines is 1. The fourth-order valence-corrected chi connectivity index (χ4v) is 3.81. The Morgan fingerprint density at radius 1 is 1.32 bits per heavy atom. The zero-order valence-electron chi connectivity index (χ0n) is 16.3. The largest absolute Gasteiger partial charge is 0.379 e. The molecule has 2 heterocycles. The van der Waals surface area contributed by atoms with Crippen molar-refractivity contribution in [3.63, 3.8) is 0 Å². The summed E-state index contributed by atoms with van der Waals surface area (Å²) in [5.74, 6) is -0.198. The van der Waals surface area contributed by atoms with Gasteiger partial charge in [0.15, 0.2) is 4.96 Å². The second-order valence-electron chi connectivity index (χ2n) is 7.32. The van der Waals surface area contributed by atoms with Crippen LogP contribution in [-0.4, -0.2) is 20.8 Å². The number of hydrogen-bond acceptors (Lipinski definition) is 5. The molecule has 0 saturated carbocycles. The zero-order chi connectivity index (χ0) is 20.5. The standard InChI is InChI=1S/C20H23ClN4O2S/c1-5-20(3,4)24-18(27)15-7-6-13(8-16(15)21)22-10-14-9-17(26)25-12(2)11-28-19(25)23-14/h6-9,11,22H,5,10H2,1-4H3,(H,24,27). The summed E-state index contributed by atoms with van der Waals surface area (Å²) in [6.45, 7) is 8.22. The quantitative estimate of drug-likeness (QED) is 0.627. The van der Waals surface area contributed by atoms with E-state index >= 15 is 0 Å². The topological polar surface area (TPSA) is 75.5 Å². The molecule has 0 fully saturated rings. The molecule has 0 radical (unpaired) electrons. The first-order chi connectivity index (χ1) is 13.2. The summed E-state index contributed by atoms with van der Waals surface area (Å²) in [6.07, 6.45) is 0.817. The van der Waals surface area contributed by atoms with Crippen molar-refractivity contribution in [3.05, 3.63) is 62.0 Å². The third kappa shape index (κ3) is 4.36. The van der Waals surface area contributed by atoms with Crippen molar-refractivity contribution < 1.29 is 4.79 Å². The van der Waals surface area contributed by atoms with Crippen LogP contribution in [0.5, 0.6) is 0 Å². The molecule has 28 heavy (non-hydrogen) atoms. The van der Waals surface area contributed by atoms with Gasteiger partial charge in [-0.25, -0.2) is 4.98 Å². The maximum Gasteiger partial charge on any atom is 0.259 e. The highest BCUT2D eigenvalue weighted by Crippen LogP contribution is 2.22. The SMILES string of the molecule is CCC(C)(C)NC(=O)c1ccc(NCc2cc(=O)n3c(C)csc3n2)cc1Cl. The lowest BCUT2D eigenvalue weighted by Crippen LogP contribution is -2.42. The summed E-state index contributed by atoms with van der Waals surface area (Å²) < 4.78 is 1.59. The number of halogens is 1. The summed E-state index contributed by atoms with van der Waals surface area (Å²) >= 11 is 7.75. The molecular formula is C20H23ClN4O2S. The average molecular weight is 419 g/mol. The number of nitrogens with one attached hydrogen (secondary N) is 2. The molecule has 2 aromatic heterocycles. The second-order valence-corrected chi connectivity index (χ2v) is 8.56. The van der Waals surface area contributed by atoms with E-state index < -0.39 is 0 Å². The number of fused-ring (bicyclic) bond motifs is 1. The minimum Gasteiger partial charge on any atom is -0.379 e. The van der Waals surface area contributed by atoms with Crippen LogP contribution in [0.25, 0.3) is 4.96 Å². The highest BCUT2D eigenvalue weighted by Gasteiger charge is 2.20. The van der Waals surface area contributed by atoms with Crippen LogP contribution in [0.3, 0.4) is 0 Å². The molecule has 1 amide bonds. The predicted molar refractivity (Wildman–Crippen MR) is 115 cm³/mol. The number of benzene rings is 1. The molecule has 8 heteroatoms. The minimum atomic E-state index is -0.296. The Labute approximate surface area is 172 Å².